The van der Waals surface area contributed by atoms with Gasteiger partial charge in [0.1, 0.15) is 11.6 Å². The largest absolute Gasteiger partial charge is 0.321 e. The molecule has 1 amide bonds. The van der Waals surface area contributed by atoms with Crippen LogP contribution in [-0.2, 0) is 4.79 Å². The second-order valence-electron chi connectivity index (χ2n) is 5.20. The molecule has 24 heavy (non-hydrogen) atoms. The van der Waals surface area contributed by atoms with Crippen molar-refractivity contribution in [3.63, 3.8) is 0 Å². The predicted octanol–water partition coefficient (Wildman–Crippen LogP) is 4.99. The van der Waals surface area contributed by atoms with E-state index in [-0.39, 0.29) is 5.57 Å². The van der Waals surface area contributed by atoms with Crippen LogP contribution in [-0.4, -0.2) is 5.91 Å². The van der Waals surface area contributed by atoms with Gasteiger partial charge < -0.3 is 5.32 Å². The Morgan fingerprint density at radius 3 is 2.46 bits per heavy atom. The highest BCUT2D eigenvalue weighted by Crippen LogP contribution is 2.21. The molecule has 0 heterocycles. The van der Waals surface area contributed by atoms with E-state index in [1.54, 1.807) is 6.08 Å². The zero-order valence-electron chi connectivity index (χ0n) is 12.7. The number of anilines is 1. The van der Waals surface area contributed by atoms with Crippen LogP contribution in [0.4, 0.5) is 5.69 Å². The number of carbonyl (C=O) groups excluding carboxylic acids is 1. The lowest BCUT2D eigenvalue weighted by Crippen LogP contribution is -2.13. The highest BCUT2D eigenvalue weighted by atomic mass is 127. The van der Waals surface area contributed by atoms with Gasteiger partial charge in [0.2, 0.25) is 0 Å². The average molecular weight is 424 g/mol. The summed E-state index contributed by atoms with van der Waals surface area (Å²) in [5.74, 6) is -0.411. The third-order valence-corrected chi connectivity index (χ3v) is 4.31. The van der Waals surface area contributed by atoms with Crippen molar-refractivity contribution in [2.45, 2.75) is 0 Å². The van der Waals surface area contributed by atoms with Crippen LogP contribution < -0.4 is 5.32 Å². The summed E-state index contributed by atoms with van der Waals surface area (Å²) in [5.41, 5.74) is 1.59. The standard InChI is InChI=1S/C20H13IN2O/c21-17-8-10-18(11-9-17)23-20(24)16(13-22)12-15-6-3-5-14-4-1-2-7-19(14)15/h1-12H,(H,23,24)/b16-12+. The second-order valence-corrected chi connectivity index (χ2v) is 6.44. The molecule has 1 N–H and O–H groups in total. The Bertz CT molecular complexity index is 964. The molecule has 0 saturated carbocycles. The summed E-state index contributed by atoms with van der Waals surface area (Å²) in [4.78, 5) is 12.4. The van der Waals surface area contributed by atoms with E-state index >= 15 is 0 Å². The van der Waals surface area contributed by atoms with Crippen LogP contribution in [0.2, 0.25) is 0 Å². The minimum absolute atomic E-state index is 0.0740. The minimum atomic E-state index is -0.411. The molecule has 0 saturated heterocycles. The van der Waals surface area contributed by atoms with Gasteiger partial charge in [0.05, 0.1) is 0 Å². The number of amides is 1. The summed E-state index contributed by atoms with van der Waals surface area (Å²) in [6.07, 6.45) is 1.63. The smallest absolute Gasteiger partial charge is 0.266 e. The lowest BCUT2D eigenvalue weighted by Gasteiger charge is -2.06. The van der Waals surface area contributed by atoms with E-state index in [1.165, 1.54) is 0 Å². The quantitative estimate of drug-likeness (QED) is 0.366. The molecule has 0 bridgehead atoms. The molecule has 0 aliphatic carbocycles. The molecule has 3 nitrogen and oxygen atoms in total. The first-order chi connectivity index (χ1) is 11.7. The highest BCUT2D eigenvalue weighted by molar-refractivity contribution is 14.1. The summed E-state index contributed by atoms with van der Waals surface area (Å²) in [6.45, 7) is 0. The van der Waals surface area contributed by atoms with E-state index in [4.69, 9.17) is 0 Å². The molecule has 0 spiro atoms. The first-order valence-corrected chi connectivity index (χ1v) is 8.42. The number of nitrogens with one attached hydrogen (secondary N) is 1. The number of nitrogens with zero attached hydrogens (tertiary/aromatic N) is 1. The second kappa shape index (κ2) is 7.28. The maximum Gasteiger partial charge on any atom is 0.266 e. The molecule has 0 aliphatic heterocycles. The van der Waals surface area contributed by atoms with Crippen LogP contribution in [0.1, 0.15) is 5.56 Å². The number of benzene rings is 3. The molecule has 3 aromatic carbocycles. The Labute approximate surface area is 153 Å². The van der Waals surface area contributed by atoms with E-state index in [0.717, 1.165) is 19.9 Å². The third kappa shape index (κ3) is 3.63. The summed E-state index contributed by atoms with van der Waals surface area (Å²) in [6, 6.07) is 23.1. The van der Waals surface area contributed by atoms with Crippen LogP contribution in [0.15, 0.2) is 72.3 Å². The maximum absolute atomic E-state index is 12.4. The third-order valence-electron chi connectivity index (χ3n) is 3.59. The molecule has 0 aliphatic rings. The molecule has 116 valence electrons. The summed E-state index contributed by atoms with van der Waals surface area (Å²) >= 11 is 2.20. The van der Waals surface area contributed by atoms with E-state index < -0.39 is 5.91 Å². The van der Waals surface area contributed by atoms with Gasteiger partial charge in [-0.3, -0.25) is 4.79 Å². The zero-order valence-corrected chi connectivity index (χ0v) is 14.8. The van der Waals surface area contributed by atoms with Gasteiger partial charge in [0, 0.05) is 9.26 Å². The number of fused-ring (bicyclic) bond motifs is 1. The molecule has 0 radical (unpaired) electrons. The van der Waals surface area contributed by atoms with Crippen LogP contribution in [0, 0.1) is 14.9 Å². The molecular formula is C20H13IN2O. The topological polar surface area (TPSA) is 52.9 Å². The Morgan fingerprint density at radius 2 is 1.71 bits per heavy atom. The SMILES string of the molecule is N#C/C(=C\c1cccc2ccccc12)C(=O)Nc1ccc(I)cc1. The van der Waals surface area contributed by atoms with E-state index in [1.807, 2.05) is 72.8 Å². The van der Waals surface area contributed by atoms with Gasteiger partial charge >= 0.3 is 0 Å². The molecular weight excluding hydrogens is 411 g/mol. The summed E-state index contributed by atoms with van der Waals surface area (Å²) in [5, 5.41) is 14.2. The maximum atomic E-state index is 12.4. The Hall–Kier alpha value is -2.65. The fourth-order valence-corrected chi connectivity index (χ4v) is 2.77. The number of halogens is 1. The number of hydrogen-bond acceptors (Lipinski definition) is 2. The van der Waals surface area contributed by atoms with E-state index in [2.05, 4.69) is 27.9 Å². The summed E-state index contributed by atoms with van der Waals surface area (Å²) in [7, 11) is 0. The first kappa shape index (κ1) is 16.2. The van der Waals surface area contributed by atoms with Crippen molar-refractivity contribution in [1.82, 2.24) is 0 Å². The minimum Gasteiger partial charge on any atom is -0.321 e. The summed E-state index contributed by atoms with van der Waals surface area (Å²) < 4.78 is 1.08. The van der Waals surface area contributed by atoms with Gasteiger partial charge in [-0.1, -0.05) is 42.5 Å². The van der Waals surface area contributed by atoms with Crippen molar-refractivity contribution < 1.29 is 4.79 Å². The van der Waals surface area contributed by atoms with Crippen molar-refractivity contribution in [2.75, 3.05) is 5.32 Å². The van der Waals surface area contributed by atoms with Gasteiger partial charge in [-0.25, -0.2) is 0 Å². The van der Waals surface area contributed by atoms with Gasteiger partial charge in [-0.15, -0.1) is 0 Å². The number of hydrogen-bond donors (Lipinski definition) is 1. The number of nitriles is 1. The van der Waals surface area contributed by atoms with E-state index in [0.29, 0.717) is 5.69 Å². The van der Waals surface area contributed by atoms with Gasteiger partial charge in [-0.05, 0) is 69.3 Å². The van der Waals surface area contributed by atoms with Crippen LogP contribution in [0.3, 0.4) is 0 Å². The normalized spacial score (nSPS) is 11.1. The highest BCUT2D eigenvalue weighted by Gasteiger charge is 2.10. The van der Waals surface area contributed by atoms with Gasteiger partial charge in [0.15, 0.2) is 0 Å². The molecule has 3 rings (SSSR count). The van der Waals surface area contributed by atoms with Crippen LogP contribution in [0.25, 0.3) is 16.8 Å². The zero-order chi connectivity index (χ0) is 16.9. The Morgan fingerprint density at radius 1 is 1.00 bits per heavy atom. The molecule has 3 aromatic rings. The lowest BCUT2D eigenvalue weighted by molar-refractivity contribution is -0.112. The fraction of sp³-hybridized carbons (Fsp3) is 0. The Kier molecular flexibility index (Phi) is 4.92. The first-order valence-electron chi connectivity index (χ1n) is 7.34. The molecule has 4 heteroatoms. The Balaban J connectivity index is 1.92. The number of rotatable bonds is 3. The molecule has 0 fully saturated rings. The van der Waals surface area contributed by atoms with Crippen molar-refractivity contribution >= 4 is 51.0 Å². The van der Waals surface area contributed by atoms with E-state index in [9.17, 15) is 10.1 Å². The lowest BCUT2D eigenvalue weighted by atomic mass is 10.0. The van der Waals surface area contributed by atoms with Crippen molar-refractivity contribution in [2.24, 2.45) is 0 Å². The van der Waals surface area contributed by atoms with Crippen LogP contribution in [0.5, 0.6) is 0 Å². The average Bonchev–Trinajstić information content (AvgIpc) is 2.61. The van der Waals surface area contributed by atoms with Crippen molar-refractivity contribution in [3.05, 3.63) is 81.4 Å². The monoisotopic (exact) mass is 424 g/mol. The van der Waals surface area contributed by atoms with Crippen molar-refractivity contribution in [1.29, 1.82) is 5.26 Å². The van der Waals surface area contributed by atoms with Gasteiger partial charge in [0.25, 0.3) is 5.91 Å². The van der Waals surface area contributed by atoms with Crippen LogP contribution >= 0.6 is 22.6 Å². The van der Waals surface area contributed by atoms with Crippen molar-refractivity contribution in [3.8, 4) is 6.07 Å². The fourth-order valence-electron chi connectivity index (χ4n) is 2.41. The molecule has 0 atom stereocenters. The van der Waals surface area contributed by atoms with Gasteiger partial charge in [-0.2, -0.15) is 5.26 Å². The number of carbonyl (C=O) groups is 1. The molecule has 0 aromatic heterocycles. The predicted molar refractivity (Wildman–Crippen MR) is 105 cm³/mol. The molecule has 0 unspecified atom stereocenters.